The second-order valence-corrected chi connectivity index (χ2v) is 3.91. The number of carbonyl (C=O) groups is 2. The molecule has 0 aromatic rings. The van der Waals surface area contributed by atoms with Crippen molar-refractivity contribution in [1.82, 2.24) is 4.90 Å². The molecule has 16 heavy (non-hydrogen) atoms. The van der Waals surface area contributed by atoms with E-state index >= 15 is 0 Å². The van der Waals surface area contributed by atoms with Gasteiger partial charge in [-0.05, 0) is 12.8 Å². The van der Waals surface area contributed by atoms with Crippen LogP contribution in [0.5, 0.6) is 0 Å². The van der Waals surface area contributed by atoms with Gasteiger partial charge in [0.1, 0.15) is 0 Å². The van der Waals surface area contributed by atoms with Gasteiger partial charge in [-0.3, -0.25) is 9.59 Å². The zero-order valence-electron chi connectivity index (χ0n) is 9.98. The fraction of sp³-hybridized carbons (Fsp3) is 0.818. The molecule has 1 amide bonds. The maximum absolute atomic E-state index is 11.7. The van der Waals surface area contributed by atoms with Crippen LogP contribution in [0.25, 0.3) is 0 Å². The molecule has 1 unspecified atom stereocenters. The topological polar surface area (TPSA) is 77.8 Å². The van der Waals surface area contributed by atoms with Crippen molar-refractivity contribution in [3.05, 3.63) is 0 Å². The van der Waals surface area contributed by atoms with Crippen molar-refractivity contribution in [3.8, 4) is 0 Å². The lowest BCUT2D eigenvalue weighted by Gasteiger charge is -2.24. The van der Waals surface area contributed by atoms with Crippen molar-refractivity contribution < 1.29 is 19.8 Å². The van der Waals surface area contributed by atoms with Crippen LogP contribution in [-0.4, -0.2) is 46.7 Å². The smallest absolute Gasteiger partial charge is 0.308 e. The summed E-state index contributed by atoms with van der Waals surface area (Å²) in [6, 6.07) is 0. The predicted octanol–water partition coefficient (Wildman–Crippen LogP) is 0.718. The normalized spacial score (nSPS) is 12.2. The molecule has 0 aromatic carbocycles. The van der Waals surface area contributed by atoms with Crippen LogP contribution in [0, 0.1) is 5.92 Å². The van der Waals surface area contributed by atoms with Crippen molar-refractivity contribution >= 4 is 11.9 Å². The second kappa shape index (κ2) is 8.10. The van der Waals surface area contributed by atoms with Gasteiger partial charge < -0.3 is 15.1 Å². The minimum absolute atomic E-state index is 0.0113. The van der Waals surface area contributed by atoms with E-state index in [9.17, 15) is 9.59 Å². The highest BCUT2D eigenvalue weighted by atomic mass is 16.4. The van der Waals surface area contributed by atoms with Crippen molar-refractivity contribution in [1.29, 1.82) is 0 Å². The van der Waals surface area contributed by atoms with E-state index in [4.69, 9.17) is 10.2 Å². The molecule has 0 saturated carbocycles. The molecule has 0 bridgehead atoms. The highest BCUT2D eigenvalue weighted by molar-refractivity contribution is 5.77. The van der Waals surface area contributed by atoms with Gasteiger partial charge in [-0.25, -0.2) is 0 Å². The lowest BCUT2D eigenvalue weighted by molar-refractivity contribution is -0.143. The molecule has 5 nitrogen and oxygen atoms in total. The van der Waals surface area contributed by atoms with Gasteiger partial charge in [0.25, 0.3) is 0 Å². The molecule has 2 N–H and O–H groups in total. The Hall–Kier alpha value is -1.10. The molecule has 0 heterocycles. The second-order valence-electron chi connectivity index (χ2n) is 3.91. The molecule has 0 aliphatic rings. The number of carbonyl (C=O) groups excluding carboxylic acids is 1. The van der Waals surface area contributed by atoms with Crippen LogP contribution >= 0.6 is 0 Å². The number of aliphatic hydroxyl groups is 1. The first-order valence-electron chi connectivity index (χ1n) is 5.64. The van der Waals surface area contributed by atoms with Crippen molar-refractivity contribution in [2.45, 2.75) is 33.1 Å². The van der Waals surface area contributed by atoms with Crippen LogP contribution in [0.15, 0.2) is 0 Å². The van der Waals surface area contributed by atoms with Crippen molar-refractivity contribution in [3.63, 3.8) is 0 Å². The maximum Gasteiger partial charge on any atom is 0.308 e. The Morgan fingerprint density at radius 1 is 1.38 bits per heavy atom. The number of aliphatic carboxylic acids is 1. The van der Waals surface area contributed by atoms with Crippen molar-refractivity contribution in [2.24, 2.45) is 5.92 Å². The first kappa shape index (κ1) is 14.9. The predicted molar refractivity (Wildman–Crippen MR) is 60.0 cm³/mol. The summed E-state index contributed by atoms with van der Waals surface area (Å²) >= 11 is 0. The van der Waals surface area contributed by atoms with E-state index in [0.717, 1.165) is 6.42 Å². The molecule has 0 aliphatic heterocycles. The zero-order valence-corrected chi connectivity index (χ0v) is 9.98. The van der Waals surface area contributed by atoms with E-state index < -0.39 is 11.9 Å². The van der Waals surface area contributed by atoms with Crippen LogP contribution in [0.2, 0.25) is 0 Å². The number of nitrogens with zero attached hydrogens (tertiary/aromatic N) is 1. The maximum atomic E-state index is 11.7. The Bertz CT molecular complexity index is 230. The number of aliphatic hydroxyl groups excluding tert-OH is 1. The Morgan fingerprint density at radius 3 is 2.44 bits per heavy atom. The SMILES string of the molecule is CCCC(=O)N(CCCO)CC(C)C(=O)O. The third kappa shape index (κ3) is 5.70. The Labute approximate surface area is 96.1 Å². The number of hydrogen-bond acceptors (Lipinski definition) is 3. The van der Waals surface area contributed by atoms with Crippen LogP contribution in [0.1, 0.15) is 33.1 Å². The molecule has 0 aliphatic carbocycles. The van der Waals surface area contributed by atoms with Gasteiger partial charge in [0.2, 0.25) is 5.91 Å². The molecular formula is C11H21NO4. The highest BCUT2D eigenvalue weighted by Gasteiger charge is 2.19. The van der Waals surface area contributed by atoms with Crippen LogP contribution in [0.3, 0.4) is 0 Å². The van der Waals surface area contributed by atoms with Crippen LogP contribution < -0.4 is 0 Å². The standard InChI is InChI=1S/C11H21NO4/c1-3-5-10(14)12(6-4-7-13)8-9(2)11(15)16/h9,13H,3-8H2,1-2H3,(H,15,16). The summed E-state index contributed by atoms with van der Waals surface area (Å²) in [6.45, 7) is 4.13. The van der Waals surface area contributed by atoms with E-state index in [0.29, 0.717) is 19.4 Å². The first-order chi connectivity index (χ1) is 7.52. The van der Waals surface area contributed by atoms with Gasteiger partial charge in [-0.1, -0.05) is 13.8 Å². The first-order valence-corrected chi connectivity index (χ1v) is 5.64. The fourth-order valence-electron chi connectivity index (χ4n) is 1.36. The molecule has 0 spiro atoms. The average Bonchev–Trinajstić information content (AvgIpc) is 2.23. The van der Waals surface area contributed by atoms with Gasteiger partial charge >= 0.3 is 5.97 Å². The monoisotopic (exact) mass is 231 g/mol. The van der Waals surface area contributed by atoms with Gasteiger partial charge in [0.15, 0.2) is 0 Å². The molecule has 94 valence electrons. The van der Waals surface area contributed by atoms with Gasteiger partial charge in [0, 0.05) is 26.1 Å². The number of amides is 1. The molecule has 5 heteroatoms. The molecular weight excluding hydrogens is 210 g/mol. The molecule has 0 fully saturated rings. The third-order valence-electron chi connectivity index (χ3n) is 2.32. The summed E-state index contributed by atoms with van der Waals surface area (Å²) in [7, 11) is 0. The van der Waals surface area contributed by atoms with E-state index in [1.54, 1.807) is 6.92 Å². The molecule has 0 aromatic heterocycles. The van der Waals surface area contributed by atoms with E-state index in [2.05, 4.69) is 0 Å². The summed E-state index contributed by atoms with van der Waals surface area (Å²) < 4.78 is 0. The van der Waals surface area contributed by atoms with E-state index in [-0.39, 0.29) is 19.1 Å². The third-order valence-corrected chi connectivity index (χ3v) is 2.32. The summed E-state index contributed by atoms with van der Waals surface area (Å²) in [4.78, 5) is 23.9. The van der Waals surface area contributed by atoms with Crippen LogP contribution in [0.4, 0.5) is 0 Å². The van der Waals surface area contributed by atoms with Gasteiger partial charge in [-0.15, -0.1) is 0 Å². The summed E-state index contributed by atoms with van der Waals surface area (Å²) in [5, 5.41) is 17.5. The van der Waals surface area contributed by atoms with Gasteiger partial charge in [-0.2, -0.15) is 0 Å². The van der Waals surface area contributed by atoms with Gasteiger partial charge in [0.05, 0.1) is 5.92 Å². The molecule has 0 saturated heterocycles. The summed E-state index contributed by atoms with van der Waals surface area (Å²) in [5.74, 6) is -1.51. The van der Waals surface area contributed by atoms with Crippen molar-refractivity contribution in [2.75, 3.05) is 19.7 Å². The molecule has 0 radical (unpaired) electrons. The molecule has 0 rings (SSSR count). The summed E-state index contributed by atoms with van der Waals surface area (Å²) in [6.07, 6.45) is 1.66. The Morgan fingerprint density at radius 2 is 2.00 bits per heavy atom. The molecule has 1 atom stereocenters. The lowest BCUT2D eigenvalue weighted by Crippen LogP contribution is -2.37. The lowest BCUT2D eigenvalue weighted by atomic mass is 10.1. The van der Waals surface area contributed by atoms with E-state index in [1.165, 1.54) is 4.90 Å². The Balaban J connectivity index is 4.29. The van der Waals surface area contributed by atoms with Crippen LogP contribution in [-0.2, 0) is 9.59 Å². The minimum atomic E-state index is -0.904. The number of rotatable bonds is 8. The average molecular weight is 231 g/mol. The highest BCUT2D eigenvalue weighted by Crippen LogP contribution is 2.05. The number of carboxylic acids is 1. The minimum Gasteiger partial charge on any atom is -0.481 e. The zero-order chi connectivity index (χ0) is 12.6. The fourth-order valence-corrected chi connectivity index (χ4v) is 1.36. The largest absolute Gasteiger partial charge is 0.481 e. The van der Waals surface area contributed by atoms with E-state index in [1.807, 2.05) is 6.92 Å². The quantitative estimate of drug-likeness (QED) is 0.645. The number of hydrogen-bond donors (Lipinski definition) is 2. The number of carboxylic acid groups (broad SMARTS) is 1. The Kier molecular flexibility index (Phi) is 7.54. The summed E-state index contributed by atoms with van der Waals surface area (Å²) in [5.41, 5.74) is 0.